The van der Waals surface area contributed by atoms with Crippen LogP contribution in [0.4, 0.5) is 0 Å². The molecule has 1 aliphatic heterocycles. The Morgan fingerprint density at radius 3 is 2.38 bits per heavy atom. The van der Waals surface area contributed by atoms with Gasteiger partial charge in [0.25, 0.3) is 5.91 Å². The molecule has 0 unspecified atom stereocenters. The number of carbonyl (C=O) groups is 1. The molecule has 0 fully saturated rings. The lowest BCUT2D eigenvalue weighted by molar-refractivity contribution is -0.135. The van der Waals surface area contributed by atoms with E-state index in [1.165, 1.54) is 0 Å². The van der Waals surface area contributed by atoms with Crippen molar-refractivity contribution in [2.75, 3.05) is 27.4 Å². The summed E-state index contributed by atoms with van der Waals surface area (Å²) in [7, 11) is 3.23. The average molecular weight is 472 g/mol. The molecule has 1 heterocycles. The first-order chi connectivity index (χ1) is 15.5. The van der Waals surface area contributed by atoms with Crippen LogP contribution in [0.2, 0.25) is 10.0 Å². The van der Waals surface area contributed by atoms with Gasteiger partial charge in [-0.3, -0.25) is 4.79 Å². The zero-order valence-electron chi connectivity index (χ0n) is 17.8. The maximum absolute atomic E-state index is 13.3. The normalized spacial score (nSPS) is 15.1. The zero-order chi connectivity index (χ0) is 22.7. The molecule has 0 aromatic heterocycles. The number of hydrogen-bond acceptors (Lipinski definition) is 4. The van der Waals surface area contributed by atoms with E-state index < -0.39 is 0 Å². The Hall–Kier alpha value is -2.89. The van der Waals surface area contributed by atoms with E-state index in [-0.39, 0.29) is 18.6 Å². The van der Waals surface area contributed by atoms with Gasteiger partial charge in [-0.25, -0.2) is 0 Å². The molecule has 0 bridgehead atoms. The summed E-state index contributed by atoms with van der Waals surface area (Å²) in [4.78, 5) is 15.1. The average Bonchev–Trinajstić information content (AvgIpc) is 2.82. The molecular weight excluding hydrogens is 449 g/mol. The largest absolute Gasteiger partial charge is 0.493 e. The maximum Gasteiger partial charge on any atom is 0.261 e. The summed E-state index contributed by atoms with van der Waals surface area (Å²) in [6.07, 6.45) is 0.701. The standard InChI is InChI=1S/C25H23Cl2NO4/c1-30-22-12-17-10-11-28(24(29)15-32-21-9-8-18(26)13-20(21)27)25(16-6-4-3-5-7-16)19(17)14-23(22)31-2/h3-9,12-14,25H,10-11,15H2,1-2H3/t25-/m1/s1. The van der Waals surface area contributed by atoms with Crippen LogP contribution in [0.5, 0.6) is 17.2 Å². The summed E-state index contributed by atoms with van der Waals surface area (Å²) in [6.45, 7) is 0.423. The van der Waals surface area contributed by atoms with Crippen LogP contribution in [-0.4, -0.2) is 38.2 Å². The van der Waals surface area contributed by atoms with Gasteiger partial charge in [-0.2, -0.15) is 0 Å². The minimum Gasteiger partial charge on any atom is -0.493 e. The highest BCUT2D eigenvalue weighted by Gasteiger charge is 2.33. The van der Waals surface area contributed by atoms with E-state index in [2.05, 4.69) is 0 Å². The van der Waals surface area contributed by atoms with Crippen LogP contribution in [0.1, 0.15) is 22.7 Å². The van der Waals surface area contributed by atoms with E-state index in [0.29, 0.717) is 40.3 Å². The molecule has 0 saturated heterocycles. The van der Waals surface area contributed by atoms with Crippen LogP contribution in [-0.2, 0) is 11.2 Å². The lowest BCUT2D eigenvalue weighted by Gasteiger charge is -2.38. The van der Waals surface area contributed by atoms with Gasteiger partial charge < -0.3 is 19.1 Å². The highest BCUT2D eigenvalue weighted by molar-refractivity contribution is 6.35. The number of carbonyl (C=O) groups excluding carboxylic acids is 1. The Morgan fingerprint density at radius 2 is 1.69 bits per heavy atom. The zero-order valence-corrected chi connectivity index (χ0v) is 19.3. The van der Waals surface area contributed by atoms with Crippen molar-refractivity contribution in [1.29, 1.82) is 0 Å². The maximum atomic E-state index is 13.3. The molecule has 4 rings (SSSR count). The van der Waals surface area contributed by atoms with Crippen molar-refractivity contribution in [1.82, 2.24) is 4.90 Å². The molecule has 3 aromatic rings. The van der Waals surface area contributed by atoms with Gasteiger partial charge in [-0.05, 0) is 53.4 Å². The lowest BCUT2D eigenvalue weighted by Crippen LogP contribution is -2.43. The molecule has 5 nitrogen and oxygen atoms in total. The molecule has 1 amide bonds. The van der Waals surface area contributed by atoms with Crippen LogP contribution in [0.3, 0.4) is 0 Å². The summed E-state index contributed by atoms with van der Waals surface area (Å²) >= 11 is 12.1. The molecule has 0 N–H and O–H groups in total. The fraction of sp³-hybridized carbons (Fsp3) is 0.240. The van der Waals surface area contributed by atoms with Gasteiger partial charge in [0.05, 0.1) is 25.3 Å². The molecule has 1 aliphatic rings. The van der Waals surface area contributed by atoms with Crippen LogP contribution in [0.25, 0.3) is 0 Å². The van der Waals surface area contributed by atoms with Crippen molar-refractivity contribution in [3.8, 4) is 17.2 Å². The molecule has 0 saturated carbocycles. The molecule has 1 atom stereocenters. The monoisotopic (exact) mass is 471 g/mol. The summed E-state index contributed by atoms with van der Waals surface area (Å²) in [6, 6.07) is 18.6. The Bertz CT molecular complexity index is 1120. The van der Waals surface area contributed by atoms with Crippen molar-refractivity contribution in [2.24, 2.45) is 0 Å². The van der Waals surface area contributed by atoms with E-state index in [1.807, 2.05) is 47.4 Å². The van der Waals surface area contributed by atoms with Crippen molar-refractivity contribution in [3.63, 3.8) is 0 Å². The van der Waals surface area contributed by atoms with Gasteiger partial charge in [0.1, 0.15) is 5.75 Å². The highest BCUT2D eigenvalue weighted by Crippen LogP contribution is 2.41. The highest BCUT2D eigenvalue weighted by atomic mass is 35.5. The Morgan fingerprint density at radius 1 is 0.969 bits per heavy atom. The van der Waals surface area contributed by atoms with Crippen LogP contribution in [0.15, 0.2) is 60.7 Å². The van der Waals surface area contributed by atoms with E-state index in [4.69, 9.17) is 37.4 Å². The van der Waals surface area contributed by atoms with Crippen LogP contribution in [0, 0.1) is 0 Å². The molecule has 0 radical (unpaired) electrons. The minimum atomic E-state index is -0.267. The Balaban J connectivity index is 1.66. The molecule has 0 spiro atoms. The second-order valence-electron chi connectivity index (χ2n) is 7.42. The third-order valence-electron chi connectivity index (χ3n) is 5.55. The number of methoxy groups -OCH3 is 2. The fourth-order valence-corrected chi connectivity index (χ4v) is 4.49. The molecule has 0 aliphatic carbocycles. The van der Waals surface area contributed by atoms with Gasteiger partial charge in [-0.15, -0.1) is 0 Å². The number of rotatable bonds is 6. The summed E-state index contributed by atoms with van der Waals surface area (Å²) < 4.78 is 16.7. The number of fused-ring (bicyclic) bond motifs is 1. The van der Waals surface area contributed by atoms with Gasteiger partial charge in [-0.1, -0.05) is 53.5 Å². The Labute approximate surface area is 197 Å². The van der Waals surface area contributed by atoms with E-state index in [9.17, 15) is 4.79 Å². The smallest absolute Gasteiger partial charge is 0.261 e. The number of ether oxygens (including phenoxy) is 3. The number of benzene rings is 3. The predicted molar refractivity (Wildman–Crippen MR) is 125 cm³/mol. The van der Waals surface area contributed by atoms with Gasteiger partial charge in [0, 0.05) is 11.6 Å². The third-order valence-corrected chi connectivity index (χ3v) is 6.08. The first-order valence-electron chi connectivity index (χ1n) is 10.2. The van der Waals surface area contributed by atoms with Crippen LogP contribution >= 0.6 is 23.2 Å². The van der Waals surface area contributed by atoms with E-state index in [1.54, 1.807) is 32.4 Å². The SMILES string of the molecule is COc1cc2c(cc1OC)[C@@H](c1ccccc1)N(C(=O)COc1ccc(Cl)cc1Cl)CC2. The third kappa shape index (κ3) is 4.50. The van der Waals surface area contributed by atoms with Gasteiger partial charge in [0.2, 0.25) is 0 Å². The first-order valence-corrected chi connectivity index (χ1v) is 10.9. The van der Waals surface area contributed by atoms with Crippen molar-refractivity contribution < 1.29 is 19.0 Å². The lowest BCUT2D eigenvalue weighted by atomic mass is 9.87. The number of halogens is 2. The topological polar surface area (TPSA) is 48.0 Å². The minimum absolute atomic E-state index is 0.132. The Kier molecular flexibility index (Phi) is 6.77. The van der Waals surface area contributed by atoms with Crippen LogP contribution < -0.4 is 14.2 Å². The second-order valence-corrected chi connectivity index (χ2v) is 8.26. The second kappa shape index (κ2) is 9.72. The van der Waals surface area contributed by atoms with Crippen molar-refractivity contribution in [2.45, 2.75) is 12.5 Å². The van der Waals surface area contributed by atoms with E-state index in [0.717, 1.165) is 16.7 Å². The first kappa shape index (κ1) is 22.3. The van der Waals surface area contributed by atoms with E-state index >= 15 is 0 Å². The summed E-state index contributed by atoms with van der Waals surface area (Å²) in [5, 5.41) is 0.876. The predicted octanol–water partition coefficient (Wildman–Crippen LogP) is 5.56. The molecule has 7 heteroatoms. The molecule has 3 aromatic carbocycles. The molecule has 32 heavy (non-hydrogen) atoms. The van der Waals surface area contributed by atoms with Gasteiger partial charge in [0.15, 0.2) is 18.1 Å². The quantitative estimate of drug-likeness (QED) is 0.471. The number of amides is 1. The van der Waals surface area contributed by atoms with Gasteiger partial charge >= 0.3 is 0 Å². The number of hydrogen-bond donors (Lipinski definition) is 0. The molecule has 166 valence electrons. The summed E-state index contributed by atoms with van der Waals surface area (Å²) in [5.41, 5.74) is 3.15. The fourth-order valence-electron chi connectivity index (χ4n) is 4.02. The van der Waals surface area contributed by atoms with Crippen molar-refractivity contribution in [3.05, 3.63) is 87.4 Å². The number of nitrogens with zero attached hydrogens (tertiary/aromatic N) is 1. The summed E-state index contributed by atoms with van der Waals surface area (Å²) in [5.74, 6) is 1.60. The van der Waals surface area contributed by atoms with Crippen molar-refractivity contribution >= 4 is 29.1 Å². The molecular formula is C25H23Cl2NO4.